The first kappa shape index (κ1) is 16.0. The van der Waals surface area contributed by atoms with Gasteiger partial charge >= 0.3 is 12.2 Å². The molecular formula is C11H19F3N2O3. The Balaban J connectivity index is 1.93. The van der Waals surface area contributed by atoms with Crippen LogP contribution in [0.4, 0.5) is 18.0 Å². The topological polar surface area (TPSA) is 70.6 Å². The number of urea groups is 1. The van der Waals surface area contributed by atoms with E-state index in [0.717, 1.165) is 6.42 Å². The Hall–Kier alpha value is -1.02. The smallest absolute Gasteiger partial charge is 0.388 e. The van der Waals surface area contributed by atoms with Crippen LogP contribution >= 0.6 is 0 Å². The van der Waals surface area contributed by atoms with E-state index in [4.69, 9.17) is 0 Å². The molecule has 1 fully saturated rings. The molecule has 0 spiro atoms. The second-order valence-electron chi connectivity index (χ2n) is 4.71. The largest absolute Gasteiger partial charge is 0.411 e. The molecule has 1 aliphatic carbocycles. The van der Waals surface area contributed by atoms with Crippen LogP contribution < -0.4 is 10.6 Å². The van der Waals surface area contributed by atoms with E-state index in [9.17, 15) is 23.1 Å². The second-order valence-corrected chi connectivity index (χ2v) is 4.71. The lowest BCUT2D eigenvalue weighted by molar-refractivity contribution is -0.173. The number of halogens is 3. The van der Waals surface area contributed by atoms with E-state index in [-0.39, 0.29) is 19.7 Å². The molecule has 112 valence electrons. The number of rotatable bonds is 7. The van der Waals surface area contributed by atoms with Gasteiger partial charge in [-0.3, -0.25) is 0 Å². The Labute approximate surface area is 109 Å². The quantitative estimate of drug-likeness (QED) is 0.615. The summed E-state index contributed by atoms with van der Waals surface area (Å²) in [4.78, 5) is 11.3. The Morgan fingerprint density at radius 2 is 2.00 bits per heavy atom. The first-order valence-electron chi connectivity index (χ1n) is 6.19. The van der Waals surface area contributed by atoms with Crippen LogP contribution in [-0.2, 0) is 4.74 Å². The van der Waals surface area contributed by atoms with Crippen LogP contribution in [0.25, 0.3) is 0 Å². The first-order valence-corrected chi connectivity index (χ1v) is 6.19. The molecule has 5 nitrogen and oxygen atoms in total. The maximum Gasteiger partial charge on any atom is 0.411 e. The molecule has 0 atom stereocenters. The summed E-state index contributed by atoms with van der Waals surface area (Å²) in [5, 5.41) is 14.7. The number of carbonyl (C=O) groups excluding carboxylic acids is 1. The van der Waals surface area contributed by atoms with Gasteiger partial charge < -0.3 is 20.5 Å². The minimum absolute atomic E-state index is 0.0657. The molecule has 0 saturated heterocycles. The van der Waals surface area contributed by atoms with Gasteiger partial charge in [-0.2, -0.15) is 13.2 Å². The molecular weight excluding hydrogens is 265 g/mol. The molecule has 19 heavy (non-hydrogen) atoms. The van der Waals surface area contributed by atoms with Crippen molar-refractivity contribution in [1.29, 1.82) is 0 Å². The fourth-order valence-corrected chi connectivity index (χ4v) is 1.63. The second kappa shape index (κ2) is 6.95. The van der Waals surface area contributed by atoms with Gasteiger partial charge in [0.1, 0.15) is 6.61 Å². The molecule has 8 heteroatoms. The molecule has 0 aromatic carbocycles. The fourth-order valence-electron chi connectivity index (χ4n) is 1.63. The molecule has 0 heterocycles. The van der Waals surface area contributed by atoms with Gasteiger partial charge in [-0.15, -0.1) is 0 Å². The van der Waals surface area contributed by atoms with Crippen LogP contribution in [0.1, 0.15) is 25.7 Å². The minimum Gasteiger partial charge on any atom is -0.388 e. The predicted molar refractivity (Wildman–Crippen MR) is 61.7 cm³/mol. The third-order valence-electron chi connectivity index (χ3n) is 2.88. The lowest BCUT2D eigenvalue weighted by Crippen LogP contribution is -2.50. The van der Waals surface area contributed by atoms with Crippen molar-refractivity contribution in [2.75, 3.05) is 26.3 Å². The standard InChI is InChI=1S/C11H19F3N2O3/c12-11(13,14)8-19-6-2-5-15-9(17)16-7-10(18)3-1-4-10/h18H,1-8H2,(H2,15,16,17). The van der Waals surface area contributed by atoms with Crippen LogP contribution in [0.3, 0.4) is 0 Å². The number of hydrogen-bond donors (Lipinski definition) is 3. The molecule has 0 bridgehead atoms. The highest BCUT2D eigenvalue weighted by molar-refractivity contribution is 5.73. The van der Waals surface area contributed by atoms with Gasteiger partial charge in [-0.1, -0.05) is 0 Å². The minimum atomic E-state index is -4.32. The summed E-state index contributed by atoms with van der Waals surface area (Å²) in [5.74, 6) is 0. The lowest BCUT2D eigenvalue weighted by atomic mass is 9.80. The normalized spacial score (nSPS) is 17.7. The van der Waals surface area contributed by atoms with Gasteiger partial charge in [-0.05, 0) is 25.7 Å². The SMILES string of the molecule is O=C(NCCCOCC(F)(F)F)NCC1(O)CCC1. The molecule has 0 unspecified atom stereocenters. The average Bonchev–Trinajstić information content (AvgIpc) is 2.27. The van der Waals surface area contributed by atoms with Crippen LogP contribution in [-0.4, -0.2) is 49.2 Å². The maximum absolute atomic E-state index is 11.7. The summed E-state index contributed by atoms with van der Waals surface area (Å²) < 4.78 is 39.5. The summed E-state index contributed by atoms with van der Waals surface area (Å²) in [6, 6.07) is -0.434. The van der Waals surface area contributed by atoms with Crippen molar-refractivity contribution in [3.05, 3.63) is 0 Å². The van der Waals surface area contributed by atoms with Crippen molar-refractivity contribution in [2.24, 2.45) is 0 Å². The van der Waals surface area contributed by atoms with Crippen molar-refractivity contribution in [3.8, 4) is 0 Å². The van der Waals surface area contributed by atoms with Gasteiger partial charge in [0.15, 0.2) is 0 Å². The molecule has 1 aliphatic rings. The monoisotopic (exact) mass is 284 g/mol. The van der Waals surface area contributed by atoms with Gasteiger partial charge in [0.2, 0.25) is 0 Å². The van der Waals surface area contributed by atoms with E-state index in [1.54, 1.807) is 0 Å². The van der Waals surface area contributed by atoms with E-state index in [1.807, 2.05) is 0 Å². The number of carbonyl (C=O) groups is 1. The number of hydrogen-bond acceptors (Lipinski definition) is 3. The predicted octanol–water partition coefficient (Wildman–Crippen LogP) is 1.17. The van der Waals surface area contributed by atoms with Crippen molar-refractivity contribution < 1.29 is 27.8 Å². The molecule has 3 N–H and O–H groups in total. The highest BCUT2D eigenvalue weighted by Crippen LogP contribution is 2.30. The highest BCUT2D eigenvalue weighted by Gasteiger charge is 2.34. The molecule has 1 rings (SSSR count). The van der Waals surface area contributed by atoms with E-state index in [0.29, 0.717) is 19.3 Å². The van der Waals surface area contributed by atoms with Gasteiger partial charge in [0.25, 0.3) is 0 Å². The first-order chi connectivity index (χ1) is 8.81. The number of alkyl halides is 3. The van der Waals surface area contributed by atoms with Gasteiger partial charge in [0.05, 0.1) is 5.60 Å². The molecule has 2 amide bonds. The van der Waals surface area contributed by atoms with Crippen LogP contribution in [0.5, 0.6) is 0 Å². The zero-order valence-electron chi connectivity index (χ0n) is 10.6. The third kappa shape index (κ3) is 7.22. The number of nitrogens with one attached hydrogen (secondary N) is 2. The summed E-state index contributed by atoms with van der Waals surface area (Å²) >= 11 is 0. The zero-order valence-corrected chi connectivity index (χ0v) is 10.6. The number of ether oxygens (including phenoxy) is 1. The van der Waals surface area contributed by atoms with E-state index in [1.165, 1.54) is 0 Å². The summed E-state index contributed by atoms with van der Waals surface area (Å²) in [6.07, 6.45) is -1.70. The molecule has 0 aromatic rings. The summed E-state index contributed by atoms with van der Waals surface area (Å²) in [5.41, 5.74) is -0.785. The molecule has 0 aliphatic heterocycles. The van der Waals surface area contributed by atoms with Gasteiger partial charge in [0, 0.05) is 19.7 Å². The Kier molecular flexibility index (Phi) is 5.86. The van der Waals surface area contributed by atoms with Crippen LogP contribution in [0.2, 0.25) is 0 Å². The number of aliphatic hydroxyl groups is 1. The Bertz CT molecular complexity index is 293. The Morgan fingerprint density at radius 3 is 2.53 bits per heavy atom. The third-order valence-corrected chi connectivity index (χ3v) is 2.88. The summed E-state index contributed by atoms with van der Waals surface area (Å²) in [7, 11) is 0. The molecule has 0 aromatic heterocycles. The highest BCUT2D eigenvalue weighted by atomic mass is 19.4. The van der Waals surface area contributed by atoms with E-state index in [2.05, 4.69) is 15.4 Å². The van der Waals surface area contributed by atoms with Crippen molar-refractivity contribution in [2.45, 2.75) is 37.5 Å². The zero-order chi connectivity index (χ0) is 14.4. The Morgan fingerprint density at radius 1 is 1.32 bits per heavy atom. The summed E-state index contributed by atoms with van der Waals surface area (Å²) in [6.45, 7) is -0.915. The average molecular weight is 284 g/mol. The maximum atomic E-state index is 11.7. The fraction of sp³-hybridized carbons (Fsp3) is 0.909. The van der Waals surface area contributed by atoms with Crippen LogP contribution in [0, 0.1) is 0 Å². The van der Waals surface area contributed by atoms with Crippen molar-refractivity contribution >= 4 is 6.03 Å². The lowest BCUT2D eigenvalue weighted by Gasteiger charge is -2.36. The van der Waals surface area contributed by atoms with E-state index < -0.39 is 24.4 Å². The number of amides is 2. The molecule has 1 saturated carbocycles. The van der Waals surface area contributed by atoms with Gasteiger partial charge in [-0.25, -0.2) is 4.79 Å². The van der Waals surface area contributed by atoms with Crippen molar-refractivity contribution in [1.82, 2.24) is 10.6 Å². The van der Waals surface area contributed by atoms with Crippen molar-refractivity contribution in [3.63, 3.8) is 0 Å². The van der Waals surface area contributed by atoms with E-state index >= 15 is 0 Å². The molecule has 0 radical (unpaired) electrons. The van der Waals surface area contributed by atoms with Crippen LogP contribution in [0.15, 0.2) is 0 Å².